The summed E-state index contributed by atoms with van der Waals surface area (Å²) in [7, 11) is 0. The summed E-state index contributed by atoms with van der Waals surface area (Å²) in [5.74, 6) is -1.14. The highest BCUT2D eigenvalue weighted by molar-refractivity contribution is 6.36. The van der Waals surface area contributed by atoms with Crippen molar-refractivity contribution in [3.63, 3.8) is 0 Å². The van der Waals surface area contributed by atoms with Gasteiger partial charge >= 0.3 is 5.97 Å². The molecule has 0 spiro atoms. The van der Waals surface area contributed by atoms with Crippen molar-refractivity contribution in [1.82, 2.24) is 0 Å². The lowest BCUT2D eigenvalue weighted by Crippen LogP contribution is -1.95. The first kappa shape index (κ1) is 13.5. The summed E-state index contributed by atoms with van der Waals surface area (Å²) < 4.78 is 0. The van der Waals surface area contributed by atoms with Gasteiger partial charge in [-0.3, -0.25) is 0 Å². The van der Waals surface area contributed by atoms with Gasteiger partial charge in [0, 0.05) is 16.0 Å². The van der Waals surface area contributed by atoms with Crippen LogP contribution in [0.25, 0.3) is 21.9 Å². The summed E-state index contributed by atoms with van der Waals surface area (Å²) in [4.78, 5) is 10.9. The average molecular weight is 299 g/mol. The van der Waals surface area contributed by atoms with E-state index in [1.54, 1.807) is 12.1 Å². The highest BCUT2D eigenvalue weighted by Crippen LogP contribution is 2.37. The highest BCUT2D eigenvalue weighted by atomic mass is 35.5. The number of aromatic hydroxyl groups is 1. The molecule has 3 nitrogen and oxygen atoms in total. The molecule has 0 bridgehead atoms. The molecule has 3 rings (SSSR count). The van der Waals surface area contributed by atoms with Crippen LogP contribution >= 0.6 is 11.6 Å². The minimum absolute atomic E-state index is 0.0505. The van der Waals surface area contributed by atoms with Crippen LogP contribution in [0.15, 0.2) is 54.6 Å². The molecular formula is C17H11ClO3. The van der Waals surface area contributed by atoms with Gasteiger partial charge in [0.1, 0.15) is 5.75 Å². The van der Waals surface area contributed by atoms with Gasteiger partial charge in [-0.25, -0.2) is 4.79 Å². The number of hydrogen-bond acceptors (Lipinski definition) is 2. The van der Waals surface area contributed by atoms with Crippen LogP contribution in [0.2, 0.25) is 5.02 Å². The number of aromatic carboxylic acids is 1. The Morgan fingerprint density at radius 1 is 0.905 bits per heavy atom. The molecular weight excluding hydrogens is 288 g/mol. The minimum Gasteiger partial charge on any atom is -0.507 e. The zero-order chi connectivity index (χ0) is 15.0. The Kier molecular flexibility index (Phi) is 3.28. The molecule has 0 radical (unpaired) electrons. The van der Waals surface area contributed by atoms with Crippen molar-refractivity contribution in [1.29, 1.82) is 0 Å². The first-order valence-corrected chi connectivity index (χ1v) is 6.69. The van der Waals surface area contributed by atoms with Crippen molar-refractivity contribution in [2.24, 2.45) is 0 Å². The molecule has 0 aliphatic rings. The van der Waals surface area contributed by atoms with Crippen LogP contribution in [-0.4, -0.2) is 16.2 Å². The van der Waals surface area contributed by atoms with Crippen molar-refractivity contribution in [3.05, 3.63) is 65.2 Å². The van der Waals surface area contributed by atoms with Gasteiger partial charge in [0.05, 0.1) is 5.56 Å². The molecule has 21 heavy (non-hydrogen) atoms. The SMILES string of the molecule is O=C(O)c1ccc(-c2ccc(Cl)c3ccccc23)c(O)c1. The predicted octanol–water partition coefficient (Wildman–Crippen LogP) is 4.56. The molecule has 0 aromatic heterocycles. The molecule has 0 unspecified atom stereocenters. The number of carbonyl (C=O) groups is 1. The number of carboxylic acid groups (broad SMARTS) is 1. The Morgan fingerprint density at radius 2 is 1.57 bits per heavy atom. The van der Waals surface area contributed by atoms with Gasteiger partial charge in [0.25, 0.3) is 0 Å². The maximum Gasteiger partial charge on any atom is 0.335 e. The van der Waals surface area contributed by atoms with Crippen LogP contribution in [-0.2, 0) is 0 Å². The van der Waals surface area contributed by atoms with E-state index >= 15 is 0 Å². The lowest BCUT2D eigenvalue weighted by molar-refractivity contribution is 0.0696. The number of hydrogen-bond donors (Lipinski definition) is 2. The van der Waals surface area contributed by atoms with E-state index in [1.165, 1.54) is 12.1 Å². The summed E-state index contributed by atoms with van der Waals surface area (Å²) in [6.45, 7) is 0. The number of benzene rings is 3. The second kappa shape index (κ2) is 5.11. The maximum atomic E-state index is 10.9. The summed E-state index contributed by atoms with van der Waals surface area (Å²) in [5.41, 5.74) is 1.44. The van der Waals surface area contributed by atoms with Crippen LogP contribution in [0.3, 0.4) is 0 Å². The Bertz CT molecular complexity index is 856. The van der Waals surface area contributed by atoms with Gasteiger partial charge < -0.3 is 10.2 Å². The molecule has 0 aliphatic carbocycles. The Hall–Kier alpha value is -2.52. The second-order valence-electron chi connectivity index (χ2n) is 4.68. The molecule has 2 N–H and O–H groups in total. The van der Waals surface area contributed by atoms with E-state index in [4.69, 9.17) is 16.7 Å². The highest BCUT2D eigenvalue weighted by Gasteiger charge is 2.12. The largest absolute Gasteiger partial charge is 0.507 e. The van der Waals surface area contributed by atoms with E-state index in [9.17, 15) is 9.90 Å². The van der Waals surface area contributed by atoms with Crippen molar-refractivity contribution in [2.75, 3.05) is 0 Å². The van der Waals surface area contributed by atoms with E-state index in [-0.39, 0.29) is 11.3 Å². The molecule has 0 fully saturated rings. The fourth-order valence-corrected chi connectivity index (χ4v) is 2.62. The number of carboxylic acids is 1. The van der Waals surface area contributed by atoms with Gasteiger partial charge in [0.15, 0.2) is 0 Å². The van der Waals surface area contributed by atoms with Crippen molar-refractivity contribution in [2.45, 2.75) is 0 Å². The molecule has 0 atom stereocenters. The zero-order valence-electron chi connectivity index (χ0n) is 10.9. The quantitative estimate of drug-likeness (QED) is 0.729. The van der Waals surface area contributed by atoms with E-state index in [2.05, 4.69) is 0 Å². The van der Waals surface area contributed by atoms with Crippen molar-refractivity contribution < 1.29 is 15.0 Å². The fraction of sp³-hybridized carbons (Fsp3) is 0. The topological polar surface area (TPSA) is 57.5 Å². The predicted molar refractivity (Wildman–Crippen MR) is 83.0 cm³/mol. The van der Waals surface area contributed by atoms with E-state index in [0.29, 0.717) is 10.6 Å². The second-order valence-corrected chi connectivity index (χ2v) is 5.08. The lowest BCUT2D eigenvalue weighted by Gasteiger charge is -2.10. The van der Waals surface area contributed by atoms with E-state index in [0.717, 1.165) is 16.3 Å². The van der Waals surface area contributed by atoms with Crippen molar-refractivity contribution >= 4 is 28.3 Å². The van der Waals surface area contributed by atoms with Crippen LogP contribution in [0.5, 0.6) is 5.75 Å². The first-order valence-electron chi connectivity index (χ1n) is 6.32. The van der Waals surface area contributed by atoms with Crippen molar-refractivity contribution in [3.8, 4) is 16.9 Å². The molecule has 0 amide bonds. The molecule has 3 aromatic carbocycles. The fourth-order valence-electron chi connectivity index (χ4n) is 2.39. The van der Waals surface area contributed by atoms with Gasteiger partial charge in [-0.15, -0.1) is 0 Å². The van der Waals surface area contributed by atoms with Gasteiger partial charge in [-0.05, 0) is 35.2 Å². The molecule has 4 heteroatoms. The average Bonchev–Trinajstić information content (AvgIpc) is 2.48. The van der Waals surface area contributed by atoms with Gasteiger partial charge in [0.2, 0.25) is 0 Å². The number of phenols is 1. The third kappa shape index (κ3) is 2.32. The third-order valence-corrected chi connectivity index (χ3v) is 3.74. The monoisotopic (exact) mass is 298 g/mol. The molecule has 3 aromatic rings. The molecule has 0 saturated carbocycles. The van der Waals surface area contributed by atoms with E-state index in [1.807, 2.05) is 30.3 Å². The zero-order valence-corrected chi connectivity index (χ0v) is 11.6. The standard InChI is InChI=1S/C17H11ClO3/c18-15-8-7-12(11-3-1-2-4-13(11)15)14-6-5-10(17(20)21)9-16(14)19/h1-9,19H,(H,20,21). The Balaban J connectivity index is 2.26. The first-order chi connectivity index (χ1) is 10.1. The molecule has 0 heterocycles. The van der Waals surface area contributed by atoms with Crippen LogP contribution in [0.1, 0.15) is 10.4 Å². The Labute approximate surface area is 126 Å². The van der Waals surface area contributed by atoms with Crippen LogP contribution in [0.4, 0.5) is 0 Å². The van der Waals surface area contributed by atoms with Crippen LogP contribution in [0, 0.1) is 0 Å². The van der Waals surface area contributed by atoms with Gasteiger partial charge in [-0.1, -0.05) is 41.9 Å². The lowest BCUT2D eigenvalue weighted by atomic mass is 9.96. The number of rotatable bonds is 2. The number of phenolic OH excluding ortho intramolecular Hbond substituents is 1. The van der Waals surface area contributed by atoms with Gasteiger partial charge in [-0.2, -0.15) is 0 Å². The smallest absolute Gasteiger partial charge is 0.335 e. The van der Waals surface area contributed by atoms with Crippen LogP contribution < -0.4 is 0 Å². The normalized spacial score (nSPS) is 10.7. The number of fused-ring (bicyclic) bond motifs is 1. The Morgan fingerprint density at radius 3 is 2.24 bits per heavy atom. The summed E-state index contributed by atoms with van der Waals surface area (Å²) in [6.07, 6.45) is 0. The summed E-state index contributed by atoms with van der Waals surface area (Å²) >= 11 is 6.18. The molecule has 0 saturated heterocycles. The third-order valence-electron chi connectivity index (χ3n) is 3.41. The molecule has 0 aliphatic heterocycles. The maximum absolute atomic E-state index is 10.9. The minimum atomic E-state index is -1.07. The molecule has 104 valence electrons. The summed E-state index contributed by atoms with van der Waals surface area (Å²) in [5, 5.41) is 21.5. The number of halogens is 1. The summed E-state index contributed by atoms with van der Waals surface area (Å²) in [6, 6.07) is 15.5. The van der Waals surface area contributed by atoms with E-state index < -0.39 is 5.97 Å².